The van der Waals surface area contributed by atoms with E-state index in [1.165, 1.54) is 173 Å². The molecule has 0 saturated heterocycles. The normalized spacial score (nSPS) is 12.4. The van der Waals surface area contributed by atoms with Crippen LogP contribution in [0.2, 0.25) is 0 Å². The van der Waals surface area contributed by atoms with Gasteiger partial charge in [-0.25, -0.2) is 0 Å². The number of nitrogens with zero attached hydrogens (tertiary/aromatic N) is 2. The van der Waals surface area contributed by atoms with Crippen LogP contribution < -0.4 is 10.6 Å². The maximum atomic E-state index is 12.1. The Kier molecular flexibility index (Phi) is 49.0. The van der Waals surface area contributed by atoms with Crippen molar-refractivity contribution < 1.29 is 29.5 Å². The molecule has 0 radical (unpaired) electrons. The van der Waals surface area contributed by atoms with Gasteiger partial charge in [0.1, 0.15) is 6.17 Å². The Morgan fingerprint density at radius 2 is 0.690 bits per heavy atom. The van der Waals surface area contributed by atoms with Crippen LogP contribution in [0.5, 0.6) is 0 Å². The molecule has 0 aromatic rings. The molecule has 4 N–H and O–H groups in total. The van der Waals surface area contributed by atoms with Crippen LogP contribution in [0.25, 0.3) is 0 Å². The Balaban J connectivity index is 0. The summed E-state index contributed by atoms with van der Waals surface area (Å²) in [5.74, 6) is 0.163. The first-order valence-corrected chi connectivity index (χ1v) is 24.9. The fraction of sp³-hybridized carbons (Fsp3) is 0.958. The summed E-state index contributed by atoms with van der Waals surface area (Å²) < 4.78 is 0. The number of carbonyl (C=O) groups excluding carboxylic acids is 2. The number of rotatable bonds is 44. The first-order chi connectivity index (χ1) is 28.3. The molecular weight excluding hydrogens is 729 g/mol. The van der Waals surface area contributed by atoms with Crippen molar-refractivity contribution in [1.29, 1.82) is 0 Å². The van der Waals surface area contributed by atoms with Gasteiger partial charge in [-0.05, 0) is 45.0 Å². The van der Waals surface area contributed by atoms with Gasteiger partial charge in [0.2, 0.25) is 11.8 Å². The molecule has 0 aliphatic carbocycles. The highest BCUT2D eigenvalue weighted by Crippen LogP contribution is 2.15. The van der Waals surface area contributed by atoms with Crippen molar-refractivity contribution >= 4 is 11.8 Å². The zero-order chi connectivity index (χ0) is 43.2. The Morgan fingerprint density at radius 1 is 0.431 bits per heavy atom. The van der Waals surface area contributed by atoms with Gasteiger partial charge < -0.3 is 20.8 Å². The van der Waals surface area contributed by atoms with Crippen LogP contribution in [-0.2, 0) is 19.3 Å². The van der Waals surface area contributed by atoms with Gasteiger partial charge in [0.05, 0.1) is 32.6 Å². The van der Waals surface area contributed by atoms with E-state index in [9.17, 15) is 9.59 Å². The summed E-state index contributed by atoms with van der Waals surface area (Å²) in [6.07, 6.45) is 40.8. The number of hydrogen-bond acceptors (Lipinski definition) is 8. The van der Waals surface area contributed by atoms with Crippen molar-refractivity contribution in [2.75, 3.05) is 39.5 Å². The van der Waals surface area contributed by atoms with Gasteiger partial charge in [-0.15, -0.1) is 0 Å². The zero-order valence-corrected chi connectivity index (χ0v) is 39.4. The molecule has 10 heteroatoms. The second-order valence-electron chi connectivity index (χ2n) is 16.5. The quantitative estimate of drug-likeness (QED) is 0.0272. The lowest BCUT2D eigenvalue weighted by Gasteiger charge is -2.27. The van der Waals surface area contributed by atoms with E-state index in [1.807, 2.05) is 0 Å². The van der Waals surface area contributed by atoms with E-state index >= 15 is 0 Å². The summed E-state index contributed by atoms with van der Waals surface area (Å²) in [6.45, 7) is 14.4. The smallest absolute Gasteiger partial charge is 0.221 e. The fourth-order valence-corrected chi connectivity index (χ4v) is 7.36. The molecule has 0 saturated carbocycles. The van der Waals surface area contributed by atoms with Gasteiger partial charge in [-0.2, -0.15) is 0 Å². The van der Waals surface area contributed by atoms with Gasteiger partial charge in [-0.3, -0.25) is 24.2 Å². The van der Waals surface area contributed by atoms with Gasteiger partial charge >= 0.3 is 0 Å². The van der Waals surface area contributed by atoms with E-state index in [4.69, 9.17) is 19.9 Å². The molecule has 0 rings (SSSR count). The monoisotopic (exact) mass is 829 g/mol. The minimum atomic E-state index is -0.498. The fourth-order valence-electron chi connectivity index (χ4n) is 7.36. The summed E-state index contributed by atoms with van der Waals surface area (Å²) in [7, 11) is 0. The third-order valence-corrected chi connectivity index (χ3v) is 11.1. The Hall–Kier alpha value is -1.30. The van der Waals surface area contributed by atoms with E-state index in [0.29, 0.717) is 12.8 Å². The Morgan fingerprint density at radius 3 is 0.948 bits per heavy atom. The molecule has 0 aliphatic rings. The van der Waals surface area contributed by atoms with Crippen LogP contribution in [0.1, 0.15) is 247 Å². The van der Waals surface area contributed by atoms with Gasteiger partial charge in [0.15, 0.2) is 0 Å². The minimum absolute atomic E-state index is 0.0487. The highest BCUT2D eigenvalue weighted by molar-refractivity contribution is 5.76. The van der Waals surface area contributed by atoms with Crippen molar-refractivity contribution in [3.8, 4) is 0 Å². The maximum Gasteiger partial charge on any atom is 0.221 e. The lowest BCUT2D eigenvalue weighted by atomic mass is 10.0. The third-order valence-electron chi connectivity index (χ3n) is 11.1. The van der Waals surface area contributed by atoms with Crippen molar-refractivity contribution in [2.45, 2.75) is 259 Å². The predicted octanol–water partition coefficient (Wildman–Crippen LogP) is 11.9. The molecule has 0 bridgehead atoms. The number of carbonyl (C=O) groups is 2. The molecule has 0 aromatic carbocycles. The van der Waals surface area contributed by atoms with E-state index in [1.54, 1.807) is 6.92 Å². The molecule has 58 heavy (non-hydrogen) atoms. The van der Waals surface area contributed by atoms with Crippen LogP contribution in [0.4, 0.5) is 0 Å². The third kappa shape index (κ3) is 42.8. The molecule has 0 heterocycles. The zero-order valence-electron chi connectivity index (χ0n) is 39.4. The minimum Gasteiger partial charge on any atom is -0.394 e. The highest BCUT2D eigenvalue weighted by Gasteiger charge is 2.18. The summed E-state index contributed by atoms with van der Waals surface area (Å²) in [5, 5.41) is 24.8. The second kappa shape index (κ2) is 48.4. The number of aliphatic hydroxyl groups excluding tert-OH is 2. The molecule has 0 aromatic heterocycles. The predicted molar refractivity (Wildman–Crippen MR) is 245 cm³/mol. The first kappa shape index (κ1) is 58.8. The molecule has 348 valence electrons. The Labute approximate surface area is 360 Å². The van der Waals surface area contributed by atoms with Crippen LogP contribution in [0.3, 0.4) is 0 Å². The molecule has 2 unspecified atom stereocenters. The average molecular weight is 829 g/mol. The van der Waals surface area contributed by atoms with E-state index < -0.39 is 6.17 Å². The lowest BCUT2D eigenvalue weighted by molar-refractivity contribution is -0.391. The van der Waals surface area contributed by atoms with Crippen molar-refractivity contribution in [1.82, 2.24) is 20.8 Å². The summed E-state index contributed by atoms with van der Waals surface area (Å²) >= 11 is 0. The van der Waals surface area contributed by atoms with Crippen LogP contribution in [0.15, 0.2) is 0 Å². The van der Waals surface area contributed by atoms with Crippen molar-refractivity contribution in [2.24, 2.45) is 0 Å². The van der Waals surface area contributed by atoms with Crippen LogP contribution in [0, 0.1) is 0 Å². The number of nitrogens with one attached hydrogen (secondary N) is 2. The van der Waals surface area contributed by atoms with E-state index in [0.717, 1.165) is 37.6 Å². The number of hydrogen-bond donors (Lipinski definition) is 4. The molecule has 0 fully saturated rings. The largest absolute Gasteiger partial charge is 0.394 e. The van der Waals surface area contributed by atoms with Gasteiger partial charge in [0, 0.05) is 12.8 Å². The second-order valence-corrected chi connectivity index (χ2v) is 16.5. The number of unbranched alkanes of at least 4 members (excludes halogenated alkanes) is 28. The summed E-state index contributed by atoms with van der Waals surface area (Å²) in [6, 6.07) is 0. The lowest BCUT2D eigenvalue weighted by Crippen LogP contribution is -2.46. The first-order valence-electron chi connectivity index (χ1n) is 24.9. The summed E-state index contributed by atoms with van der Waals surface area (Å²) in [5.41, 5.74) is 0. The molecule has 0 spiro atoms. The molecule has 10 nitrogen and oxygen atoms in total. The summed E-state index contributed by atoms with van der Waals surface area (Å²) in [4.78, 5) is 36.8. The molecular formula is C48H100N4O6. The van der Waals surface area contributed by atoms with Crippen molar-refractivity contribution in [3.63, 3.8) is 0 Å². The molecule has 0 aliphatic heterocycles. The van der Waals surface area contributed by atoms with Gasteiger partial charge in [0.25, 0.3) is 0 Å². The highest BCUT2D eigenvalue weighted by atomic mass is 17.0. The number of amides is 2. The van der Waals surface area contributed by atoms with Crippen molar-refractivity contribution in [3.05, 3.63) is 0 Å². The van der Waals surface area contributed by atoms with E-state index in [-0.39, 0.29) is 44.4 Å². The molecule has 2 atom stereocenters. The SMILES string of the molecule is CCCCCCCCCCCCCCCCCC(=O)NC(C)N(CC)CC.CCCCCCCCCCCCCCCCCC(=O)NC(C)N(OCCO)OCCO. The standard InChI is InChI=1S/C24H50N2O5.C24H50N2O/c1-3-4-5-6-7-8-9-10-11-12-13-14-15-16-17-18-24(29)25-23(2)26(30-21-19-27)31-22-20-28;1-5-8-9-10-11-12-13-14-15-16-17-18-19-20-21-22-24(27)25-23(4)26(6-2)7-3/h23,27-28H,3-22H2,1-2H3,(H,25,29);23H,5-22H2,1-4H3,(H,25,27). The van der Waals surface area contributed by atoms with Gasteiger partial charge in [-0.1, -0.05) is 207 Å². The number of aliphatic hydroxyl groups is 2. The maximum absolute atomic E-state index is 12.1. The van der Waals surface area contributed by atoms with Crippen LogP contribution in [-0.4, -0.2) is 84.0 Å². The van der Waals surface area contributed by atoms with Crippen LogP contribution >= 0.6 is 0 Å². The Bertz CT molecular complexity index is 826. The molecule has 2 amide bonds. The number of hydroxylamine groups is 2. The topological polar surface area (TPSA) is 124 Å². The van der Waals surface area contributed by atoms with E-state index in [2.05, 4.69) is 50.2 Å². The average Bonchev–Trinajstić information content (AvgIpc) is 3.21.